The van der Waals surface area contributed by atoms with Crippen molar-refractivity contribution in [3.8, 4) is 5.75 Å². The highest BCUT2D eigenvalue weighted by Gasteiger charge is 2.34. The number of nitrogens with zero attached hydrogens (tertiary/aromatic N) is 1. The number of hydroxylamine groups is 2. The van der Waals surface area contributed by atoms with E-state index < -0.39 is 6.29 Å². The Balaban J connectivity index is 1.50. The molecule has 0 saturated carbocycles. The van der Waals surface area contributed by atoms with Crippen LogP contribution in [0.2, 0.25) is 0 Å². The maximum atomic E-state index is 12.8. The van der Waals surface area contributed by atoms with Crippen molar-refractivity contribution in [1.82, 2.24) is 5.06 Å². The fourth-order valence-corrected chi connectivity index (χ4v) is 2.79. The van der Waals surface area contributed by atoms with Crippen LogP contribution in [0, 0.1) is 0 Å². The second kappa shape index (κ2) is 8.07. The van der Waals surface area contributed by atoms with Crippen LogP contribution < -0.4 is 4.74 Å². The first-order valence-electron chi connectivity index (χ1n) is 8.69. The van der Waals surface area contributed by atoms with Gasteiger partial charge in [0.1, 0.15) is 18.5 Å². The first kappa shape index (κ1) is 17.3. The normalized spacial score (nSPS) is 19.6. The van der Waals surface area contributed by atoms with Crippen molar-refractivity contribution >= 4 is 5.91 Å². The van der Waals surface area contributed by atoms with Crippen molar-refractivity contribution in [2.24, 2.45) is 0 Å². The summed E-state index contributed by atoms with van der Waals surface area (Å²) < 4.78 is 16.9. The highest BCUT2D eigenvalue weighted by atomic mass is 16.8. The standard InChI is InChI=1S/C21H19NO5/c23-20(16-7-3-1-4-8-16)22-13-19(15-25-18-9-5-2-6-10-18)26-21(27-22)17-11-12-24-14-17/h1-12,14,19,21H,13,15H2. The molecule has 2 unspecified atom stereocenters. The summed E-state index contributed by atoms with van der Waals surface area (Å²) in [6.07, 6.45) is 1.98. The Morgan fingerprint density at radius 2 is 1.78 bits per heavy atom. The number of benzene rings is 2. The van der Waals surface area contributed by atoms with E-state index in [9.17, 15) is 4.79 Å². The minimum atomic E-state index is -0.741. The summed E-state index contributed by atoms with van der Waals surface area (Å²) in [5.74, 6) is 0.519. The first-order chi connectivity index (χ1) is 13.3. The molecule has 2 aromatic carbocycles. The molecule has 6 heteroatoms. The largest absolute Gasteiger partial charge is 0.491 e. The van der Waals surface area contributed by atoms with E-state index in [4.69, 9.17) is 18.7 Å². The van der Waals surface area contributed by atoms with E-state index in [1.54, 1.807) is 18.2 Å². The smallest absolute Gasteiger partial charge is 0.277 e. The van der Waals surface area contributed by atoms with E-state index in [1.807, 2.05) is 48.5 Å². The van der Waals surface area contributed by atoms with Crippen LogP contribution >= 0.6 is 0 Å². The summed E-state index contributed by atoms with van der Waals surface area (Å²) >= 11 is 0. The van der Waals surface area contributed by atoms with Gasteiger partial charge in [0.25, 0.3) is 5.91 Å². The lowest BCUT2D eigenvalue weighted by molar-refractivity contribution is -0.325. The molecular formula is C21H19NO5. The minimum Gasteiger partial charge on any atom is -0.491 e. The molecule has 1 aromatic heterocycles. The molecule has 138 valence electrons. The van der Waals surface area contributed by atoms with Gasteiger partial charge in [0.05, 0.1) is 19.1 Å². The van der Waals surface area contributed by atoms with Gasteiger partial charge in [-0.25, -0.2) is 9.90 Å². The summed E-state index contributed by atoms with van der Waals surface area (Å²) in [7, 11) is 0. The number of amides is 1. The zero-order chi connectivity index (χ0) is 18.5. The Bertz CT molecular complexity index is 851. The molecule has 3 aromatic rings. The molecule has 1 saturated heterocycles. The Morgan fingerprint density at radius 3 is 2.48 bits per heavy atom. The van der Waals surface area contributed by atoms with Crippen LogP contribution in [-0.2, 0) is 9.57 Å². The van der Waals surface area contributed by atoms with E-state index >= 15 is 0 Å². The summed E-state index contributed by atoms with van der Waals surface area (Å²) in [5.41, 5.74) is 1.25. The maximum absolute atomic E-state index is 12.8. The third-order valence-electron chi connectivity index (χ3n) is 4.15. The van der Waals surface area contributed by atoms with Gasteiger partial charge in [-0.2, -0.15) is 0 Å². The van der Waals surface area contributed by atoms with Crippen molar-refractivity contribution in [1.29, 1.82) is 0 Å². The predicted molar refractivity (Wildman–Crippen MR) is 96.8 cm³/mol. The van der Waals surface area contributed by atoms with E-state index in [0.717, 1.165) is 5.75 Å². The van der Waals surface area contributed by atoms with Crippen molar-refractivity contribution in [2.45, 2.75) is 12.4 Å². The summed E-state index contributed by atoms with van der Waals surface area (Å²) in [6, 6.07) is 20.2. The lowest BCUT2D eigenvalue weighted by atomic mass is 10.2. The number of hydrogen-bond acceptors (Lipinski definition) is 5. The van der Waals surface area contributed by atoms with Gasteiger partial charge in [0.2, 0.25) is 6.29 Å². The van der Waals surface area contributed by atoms with Crippen molar-refractivity contribution in [3.05, 3.63) is 90.4 Å². The van der Waals surface area contributed by atoms with Crippen LogP contribution in [0.5, 0.6) is 5.75 Å². The van der Waals surface area contributed by atoms with Gasteiger partial charge >= 0.3 is 0 Å². The van der Waals surface area contributed by atoms with Crippen LogP contribution in [-0.4, -0.2) is 30.2 Å². The van der Waals surface area contributed by atoms with Gasteiger partial charge in [-0.05, 0) is 30.3 Å². The third-order valence-corrected chi connectivity index (χ3v) is 4.15. The Kier molecular flexibility index (Phi) is 5.18. The fourth-order valence-electron chi connectivity index (χ4n) is 2.79. The molecule has 6 nitrogen and oxygen atoms in total. The molecule has 1 fully saturated rings. The van der Waals surface area contributed by atoms with Crippen LogP contribution in [0.3, 0.4) is 0 Å². The van der Waals surface area contributed by atoms with Gasteiger partial charge in [0.15, 0.2) is 0 Å². The third kappa shape index (κ3) is 4.19. The number of hydrogen-bond donors (Lipinski definition) is 0. The van der Waals surface area contributed by atoms with Crippen molar-refractivity contribution < 1.29 is 23.5 Å². The molecule has 27 heavy (non-hydrogen) atoms. The molecule has 1 amide bonds. The van der Waals surface area contributed by atoms with Gasteiger partial charge < -0.3 is 13.9 Å². The molecule has 2 heterocycles. The topological polar surface area (TPSA) is 61.1 Å². The molecule has 0 N–H and O–H groups in total. The zero-order valence-electron chi connectivity index (χ0n) is 14.6. The van der Waals surface area contributed by atoms with Crippen LogP contribution in [0.1, 0.15) is 22.2 Å². The highest BCUT2D eigenvalue weighted by molar-refractivity contribution is 5.93. The first-order valence-corrected chi connectivity index (χ1v) is 8.69. The molecule has 4 rings (SSSR count). The number of ether oxygens (including phenoxy) is 2. The SMILES string of the molecule is O=C(c1ccccc1)N1CC(COc2ccccc2)OC(c2ccoc2)O1. The molecule has 1 aliphatic heterocycles. The highest BCUT2D eigenvalue weighted by Crippen LogP contribution is 2.28. The van der Waals surface area contributed by atoms with Gasteiger partial charge in [0, 0.05) is 11.1 Å². The molecule has 0 bridgehead atoms. The molecule has 0 aliphatic carbocycles. The van der Waals surface area contributed by atoms with E-state index in [0.29, 0.717) is 17.7 Å². The fraction of sp³-hybridized carbons (Fsp3) is 0.190. The summed E-state index contributed by atoms with van der Waals surface area (Å²) in [5, 5.41) is 1.33. The molecule has 1 aliphatic rings. The lowest BCUT2D eigenvalue weighted by Crippen LogP contribution is -2.47. The predicted octanol–water partition coefficient (Wildman–Crippen LogP) is 3.83. The zero-order valence-corrected chi connectivity index (χ0v) is 14.6. The minimum absolute atomic E-state index is 0.225. The number of rotatable bonds is 5. The van der Waals surface area contributed by atoms with Crippen LogP contribution in [0.25, 0.3) is 0 Å². The van der Waals surface area contributed by atoms with E-state index in [1.165, 1.54) is 17.6 Å². The van der Waals surface area contributed by atoms with E-state index in [-0.39, 0.29) is 18.6 Å². The summed E-state index contributed by atoms with van der Waals surface area (Å²) in [4.78, 5) is 18.6. The molecule has 0 radical (unpaired) electrons. The maximum Gasteiger partial charge on any atom is 0.277 e. The number of carbonyl (C=O) groups excluding carboxylic acids is 1. The van der Waals surface area contributed by atoms with Gasteiger partial charge in [-0.1, -0.05) is 36.4 Å². The average molecular weight is 365 g/mol. The van der Waals surface area contributed by atoms with Gasteiger partial charge in [-0.15, -0.1) is 0 Å². The number of carbonyl (C=O) groups is 1. The quantitative estimate of drug-likeness (QED) is 0.688. The average Bonchev–Trinajstić information content (AvgIpc) is 3.28. The molecular weight excluding hydrogens is 346 g/mol. The second-order valence-corrected chi connectivity index (χ2v) is 6.11. The molecule has 2 atom stereocenters. The van der Waals surface area contributed by atoms with Crippen molar-refractivity contribution in [2.75, 3.05) is 13.2 Å². The monoisotopic (exact) mass is 365 g/mol. The van der Waals surface area contributed by atoms with Crippen LogP contribution in [0.15, 0.2) is 83.7 Å². The van der Waals surface area contributed by atoms with Crippen LogP contribution in [0.4, 0.5) is 0 Å². The van der Waals surface area contributed by atoms with E-state index in [2.05, 4.69) is 0 Å². The van der Waals surface area contributed by atoms with Crippen molar-refractivity contribution in [3.63, 3.8) is 0 Å². The number of furan rings is 1. The Hall–Kier alpha value is -3.09. The molecule has 0 spiro atoms. The Labute approximate surface area is 156 Å². The number of para-hydroxylation sites is 1. The summed E-state index contributed by atoms with van der Waals surface area (Å²) in [6.45, 7) is 0.551. The van der Waals surface area contributed by atoms with Gasteiger partial charge in [-0.3, -0.25) is 4.79 Å². The second-order valence-electron chi connectivity index (χ2n) is 6.11. The Morgan fingerprint density at radius 1 is 1.04 bits per heavy atom. The lowest BCUT2D eigenvalue weighted by Gasteiger charge is -2.36.